The topological polar surface area (TPSA) is 47.7 Å². The van der Waals surface area contributed by atoms with Gasteiger partial charge in [0, 0.05) is 26.3 Å². The van der Waals surface area contributed by atoms with E-state index in [-0.39, 0.29) is 11.6 Å². The van der Waals surface area contributed by atoms with Gasteiger partial charge in [-0.2, -0.15) is 0 Å². The fourth-order valence-corrected chi connectivity index (χ4v) is 2.10. The van der Waals surface area contributed by atoms with E-state index in [0.29, 0.717) is 12.6 Å². The Morgan fingerprint density at radius 2 is 2.33 bits per heavy atom. The molecule has 1 aliphatic rings. The summed E-state index contributed by atoms with van der Waals surface area (Å²) in [6.07, 6.45) is 1.20. The monoisotopic (exact) mass is 216 g/mol. The highest BCUT2D eigenvalue weighted by atomic mass is 16.5. The second-order valence-electron chi connectivity index (χ2n) is 4.57. The van der Waals surface area contributed by atoms with Gasteiger partial charge in [0.05, 0.1) is 18.2 Å². The van der Waals surface area contributed by atoms with Crippen LogP contribution in [0.2, 0.25) is 0 Å². The minimum Gasteiger partial charge on any atom is -0.380 e. The minimum absolute atomic E-state index is 0.118. The molecule has 0 aliphatic carbocycles. The Bertz CT molecular complexity index is 195. The van der Waals surface area contributed by atoms with Crippen LogP contribution in [0.4, 0.5) is 0 Å². The van der Waals surface area contributed by atoms with E-state index in [1.807, 2.05) is 0 Å². The second-order valence-corrected chi connectivity index (χ2v) is 4.57. The van der Waals surface area contributed by atoms with Crippen molar-refractivity contribution in [2.75, 3.05) is 33.9 Å². The molecule has 4 heteroatoms. The largest absolute Gasteiger partial charge is 0.380 e. The molecule has 1 aliphatic heterocycles. The standard InChI is InChI=1S/C11H24N2O2/c1-9(14-4)11(2,8-12)13(3)10-5-6-15-7-10/h9-10H,5-8,12H2,1-4H3. The molecular formula is C11H24N2O2. The van der Waals surface area contributed by atoms with Gasteiger partial charge in [0.2, 0.25) is 0 Å². The molecule has 90 valence electrons. The predicted octanol–water partition coefficient (Wildman–Crippen LogP) is 0.459. The van der Waals surface area contributed by atoms with Crippen LogP contribution in [0, 0.1) is 0 Å². The van der Waals surface area contributed by atoms with Gasteiger partial charge in [-0.25, -0.2) is 0 Å². The van der Waals surface area contributed by atoms with Crippen LogP contribution in [-0.2, 0) is 9.47 Å². The predicted molar refractivity (Wildman–Crippen MR) is 60.9 cm³/mol. The molecule has 0 amide bonds. The highest BCUT2D eigenvalue weighted by Gasteiger charge is 2.38. The van der Waals surface area contributed by atoms with Crippen LogP contribution in [0.15, 0.2) is 0 Å². The van der Waals surface area contributed by atoms with Crippen molar-refractivity contribution in [1.29, 1.82) is 0 Å². The number of likely N-dealkylation sites (N-methyl/N-ethyl adjacent to an activating group) is 1. The van der Waals surface area contributed by atoms with Crippen molar-refractivity contribution in [1.82, 2.24) is 4.90 Å². The highest BCUT2D eigenvalue weighted by molar-refractivity contribution is 4.95. The Morgan fingerprint density at radius 1 is 1.67 bits per heavy atom. The van der Waals surface area contributed by atoms with Crippen molar-refractivity contribution in [3.05, 3.63) is 0 Å². The van der Waals surface area contributed by atoms with Gasteiger partial charge in [-0.05, 0) is 27.3 Å². The molecule has 1 fully saturated rings. The van der Waals surface area contributed by atoms with Crippen molar-refractivity contribution in [2.45, 2.75) is 38.0 Å². The first-order chi connectivity index (χ1) is 7.06. The molecule has 1 rings (SSSR count). The van der Waals surface area contributed by atoms with Gasteiger partial charge in [-0.15, -0.1) is 0 Å². The molecule has 3 atom stereocenters. The second kappa shape index (κ2) is 5.25. The van der Waals surface area contributed by atoms with Crippen molar-refractivity contribution < 1.29 is 9.47 Å². The quantitative estimate of drug-likeness (QED) is 0.725. The van der Waals surface area contributed by atoms with E-state index in [1.54, 1.807) is 7.11 Å². The Labute approximate surface area is 92.7 Å². The van der Waals surface area contributed by atoms with E-state index < -0.39 is 0 Å². The van der Waals surface area contributed by atoms with E-state index >= 15 is 0 Å². The van der Waals surface area contributed by atoms with E-state index in [1.165, 1.54) is 0 Å². The third-order valence-electron chi connectivity index (χ3n) is 3.90. The Kier molecular flexibility index (Phi) is 4.52. The van der Waals surface area contributed by atoms with Gasteiger partial charge in [0.25, 0.3) is 0 Å². The summed E-state index contributed by atoms with van der Waals surface area (Å²) in [5.74, 6) is 0. The Morgan fingerprint density at radius 3 is 2.73 bits per heavy atom. The molecule has 0 spiro atoms. The molecule has 15 heavy (non-hydrogen) atoms. The summed E-state index contributed by atoms with van der Waals surface area (Å²) in [7, 11) is 3.85. The summed E-state index contributed by atoms with van der Waals surface area (Å²) in [4.78, 5) is 2.31. The maximum atomic E-state index is 5.89. The summed E-state index contributed by atoms with van der Waals surface area (Å²) in [6.45, 7) is 6.48. The van der Waals surface area contributed by atoms with E-state index in [0.717, 1.165) is 19.6 Å². The lowest BCUT2D eigenvalue weighted by molar-refractivity contribution is -0.0385. The number of nitrogens with zero attached hydrogens (tertiary/aromatic N) is 1. The number of rotatable bonds is 5. The molecule has 0 bridgehead atoms. The van der Waals surface area contributed by atoms with E-state index in [4.69, 9.17) is 15.2 Å². The summed E-state index contributed by atoms with van der Waals surface area (Å²) in [5.41, 5.74) is 5.77. The van der Waals surface area contributed by atoms with Gasteiger partial charge >= 0.3 is 0 Å². The first-order valence-corrected chi connectivity index (χ1v) is 5.59. The van der Waals surface area contributed by atoms with Crippen LogP contribution in [0.5, 0.6) is 0 Å². The Balaban J connectivity index is 2.70. The number of hydrogen-bond acceptors (Lipinski definition) is 4. The van der Waals surface area contributed by atoms with Gasteiger partial charge in [0.1, 0.15) is 0 Å². The molecule has 0 aromatic heterocycles. The summed E-state index contributed by atoms with van der Waals surface area (Å²) < 4.78 is 10.8. The van der Waals surface area contributed by atoms with E-state index in [2.05, 4.69) is 25.8 Å². The van der Waals surface area contributed by atoms with Crippen molar-refractivity contribution in [3.8, 4) is 0 Å². The third kappa shape index (κ3) is 2.50. The van der Waals surface area contributed by atoms with Gasteiger partial charge in [-0.3, -0.25) is 4.90 Å². The molecule has 0 radical (unpaired) electrons. The average Bonchev–Trinajstić information content (AvgIpc) is 2.79. The molecule has 1 heterocycles. The van der Waals surface area contributed by atoms with Crippen molar-refractivity contribution in [3.63, 3.8) is 0 Å². The maximum absolute atomic E-state index is 5.89. The number of hydrogen-bond donors (Lipinski definition) is 1. The first-order valence-electron chi connectivity index (χ1n) is 5.59. The van der Waals surface area contributed by atoms with Crippen molar-refractivity contribution >= 4 is 0 Å². The summed E-state index contributed by atoms with van der Waals surface area (Å²) in [5, 5.41) is 0. The lowest BCUT2D eigenvalue weighted by Crippen LogP contribution is -2.60. The minimum atomic E-state index is -0.118. The zero-order chi connectivity index (χ0) is 11.5. The molecule has 1 saturated heterocycles. The molecule has 0 aromatic rings. The number of methoxy groups -OCH3 is 1. The average molecular weight is 216 g/mol. The van der Waals surface area contributed by atoms with Crippen molar-refractivity contribution in [2.24, 2.45) is 5.73 Å². The summed E-state index contributed by atoms with van der Waals surface area (Å²) in [6, 6.07) is 0.469. The molecular weight excluding hydrogens is 192 g/mol. The molecule has 0 saturated carbocycles. The van der Waals surface area contributed by atoms with Crippen LogP contribution >= 0.6 is 0 Å². The molecule has 4 nitrogen and oxygen atoms in total. The lowest BCUT2D eigenvalue weighted by atomic mass is 9.92. The normalized spacial score (nSPS) is 28.0. The molecule has 2 N–H and O–H groups in total. The maximum Gasteiger partial charge on any atom is 0.0736 e. The lowest BCUT2D eigenvalue weighted by Gasteiger charge is -2.44. The number of nitrogens with two attached hydrogens (primary N) is 1. The van der Waals surface area contributed by atoms with Crippen LogP contribution in [0.25, 0.3) is 0 Å². The van der Waals surface area contributed by atoms with Gasteiger partial charge in [0.15, 0.2) is 0 Å². The highest BCUT2D eigenvalue weighted by Crippen LogP contribution is 2.24. The fraction of sp³-hybridized carbons (Fsp3) is 1.00. The SMILES string of the molecule is COC(C)C(C)(CN)N(C)C1CCOC1. The zero-order valence-electron chi connectivity index (χ0n) is 10.3. The van der Waals surface area contributed by atoms with Gasteiger partial charge < -0.3 is 15.2 Å². The number of ether oxygens (including phenoxy) is 2. The van der Waals surface area contributed by atoms with Crippen LogP contribution in [0.3, 0.4) is 0 Å². The van der Waals surface area contributed by atoms with Crippen LogP contribution in [0.1, 0.15) is 20.3 Å². The van der Waals surface area contributed by atoms with Crippen LogP contribution < -0.4 is 5.73 Å². The molecule has 3 unspecified atom stereocenters. The zero-order valence-corrected chi connectivity index (χ0v) is 10.3. The smallest absolute Gasteiger partial charge is 0.0736 e. The first kappa shape index (κ1) is 12.9. The summed E-state index contributed by atoms with van der Waals surface area (Å²) >= 11 is 0. The third-order valence-corrected chi connectivity index (χ3v) is 3.90. The Hall–Kier alpha value is -0.160. The van der Waals surface area contributed by atoms with Crippen LogP contribution in [-0.4, -0.2) is 56.5 Å². The van der Waals surface area contributed by atoms with E-state index in [9.17, 15) is 0 Å². The molecule has 0 aromatic carbocycles. The fourth-order valence-electron chi connectivity index (χ4n) is 2.10. The van der Waals surface area contributed by atoms with Gasteiger partial charge in [-0.1, -0.05) is 0 Å².